The Kier molecular flexibility index (Phi) is 8.67. The van der Waals surface area contributed by atoms with Crippen LogP contribution in [0.25, 0.3) is 11.3 Å². The van der Waals surface area contributed by atoms with Crippen molar-refractivity contribution in [1.29, 1.82) is 0 Å². The Hall–Kier alpha value is -3.89. The fraction of sp³-hybridized carbons (Fsp3) is 0.438. The lowest BCUT2D eigenvalue weighted by Crippen LogP contribution is -2.57. The molecule has 3 amide bonds. The van der Waals surface area contributed by atoms with Gasteiger partial charge in [0.25, 0.3) is 5.91 Å². The van der Waals surface area contributed by atoms with E-state index >= 15 is 0 Å². The summed E-state index contributed by atoms with van der Waals surface area (Å²) >= 11 is 6.19. The van der Waals surface area contributed by atoms with Crippen LogP contribution in [0.4, 0.5) is 16.2 Å². The van der Waals surface area contributed by atoms with E-state index in [0.717, 1.165) is 54.9 Å². The summed E-state index contributed by atoms with van der Waals surface area (Å²) in [4.78, 5) is 42.8. The largest absolute Gasteiger partial charge is 0.477 e. The molecule has 2 aromatic heterocycles. The van der Waals surface area contributed by atoms with Crippen LogP contribution in [0.15, 0.2) is 48.7 Å². The number of hydrogen-bond acceptors (Lipinski definition) is 7. The summed E-state index contributed by atoms with van der Waals surface area (Å²) in [6, 6.07) is 13.5. The number of carbonyl (C=O) groups excluding carboxylic acids is 2. The third-order valence-corrected chi connectivity index (χ3v) is 8.75. The molecular formula is C32H38ClN7O3. The van der Waals surface area contributed by atoms with Gasteiger partial charge in [-0.25, -0.2) is 14.8 Å². The number of anilines is 2. The molecule has 0 aliphatic carbocycles. The van der Waals surface area contributed by atoms with Crippen LogP contribution in [-0.2, 0) is 6.42 Å². The number of benzene rings is 1. The maximum atomic E-state index is 13.8. The molecule has 5 heterocycles. The van der Waals surface area contributed by atoms with Crippen LogP contribution in [0.5, 0.6) is 5.88 Å². The molecule has 2 fully saturated rings. The predicted molar refractivity (Wildman–Crippen MR) is 168 cm³/mol. The van der Waals surface area contributed by atoms with Crippen LogP contribution in [-0.4, -0.2) is 84.8 Å². The van der Waals surface area contributed by atoms with Gasteiger partial charge in [-0.15, -0.1) is 0 Å². The number of nitrogens with zero attached hydrogens (tertiary/aromatic N) is 5. The lowest BCUT2D eigenvalue weighted by atomic mass is 10.1. The monoisotopic (exact) mass is 603 g/mol. The Bertz CT molecular complexity index is 1500. The van der Waals surface area contributed by atoms with Crippen molar-refractivity contribution in [2.45, 2.75) is 45.2 Å². The highest BCUT2D eigenvalue weighted by Gasteiger charge is 2.35. The number of rotatable bonds is 7. The van der Waals surface area contributed by atoms with Crippen LogP contribution in [0.1, 0.15) is 42.7 Å². The van der Waals surface area contributed by atoms with Crippen LogP contribution < -0.4 is 25.2 Å². The highest BCUT2D eigenvalue weighted by Crippen LogP contribution is 2.34. The van der Waals surface area contributed by atoms with Gasteiger partial charge in [-0.2, -0.15) is 0 Å². The summed E-state index contributed by atoms with van der Waals surface area (Å²) in [5.74, 6) is 0.286. The molecule has 226 valence electrons. The summed E-state index contributed by atoms with van der Waals surface area (Å²) in [5.41, 5.74) is 4.55. The van der Waals surface area contributed by atoms with E-state index in [0.29, 0.717) is 55.1 Å². The summed E-state index contributed by atoms with van der Waals surface area (Å²) in [7, 11) is 0. The van der Waals surface area contributed by atoms with Gasteiger partial charge in [0, 0.05) is 61.7 Å². The second-order valence-electron chi connectivity index (χ2n) is 11.2. The van der Waals surface area contributed by atoms with Gasteiger partial charge in [0.2, 0.25) is 5.88 Å². The number of pyridine rings is 2. The molecule has 0 spiro atoms. The Morgan fingerprint density at radius 1 is 1.12 bits per heavy atom. The topological polar surface area (TPSA) is 103 Å². The predicted octanol–water partition coefficient (Wildman–Crippen LogP) is 4.37. The third-order valence-electron chi connectivity index (χ3n) is 8.51. The Balaban J connectivity index is 1.28. The molecule has 3 aliphatic rings. The van der Waals surface area contributed by atoms with Crippen LogP contribution in [0.3, 0.4) is 0 Å². The van der Waals surface area contributed by atoms with E-state index in [9.17, 15) is 9.59 Å². The summed E-state index contributed by atoms with van der Waals surface area (Å²) < 4.78 is 5.77. The SMILES string of the molecule is CCOc1ncccc1-c1ccc(N2CCN(C(=O)N3CCc4cc(Cl)ccc43)C[C@H]2CC)c(C(=O)N[C@@H]2CCNC2)n1. The summed E-state index contributed by atoms with van der Waals surface area (Å²) in [6.45, 7) is 8.46. The number of halogens is 1. The first-order chi connectivity index (χ1) is 21.0. The van der Waals surface area contributed by atoms with Gasteiger partial charge >= 0.3 is 6.03 Å². The molecule has 0 saturated carbocycles. The minimum Gasteiger partial charge on any atom is -0.477 e. The van der Waals surface area contributed by atoms with E-state index in [1.54, 1.807) is 6.20 Å². The number of carbonyl (C=O) groups is 2. The quantitative estimate of drug-likeness (QED) is 0.413. The number of fused-ring (bicyclic) bond motifs is 1. The van der Waals surface area contributed by atoms with E-state index in [1.165, 1.54) is 0 Å². The number of hydrogen-bond donors (Lipinski definition) is 2. The summed E-state index contributed by atoms with van der Waals surface area (Å²) in [5, 5.41) is 7.19. The first kappa shape index (κ1) is 29.2. The van der Waals surface area contributed by atoms with Crippen LogP contribution >= 0.6 is 11.6 Å². The molecule has 1 aromatic carbocycles. The second-order valence-corrected chi connectivity index (χ2v) is 11.6. The van der Waals surface area contributed by atoms with E-state index in [-0.39, 0.29) is 24.0 Å². The number of aromatic nitrogens is 2. The minimum atomic E-state index is -0.201. The lowest BCUT2D eigenvalue weighted by Gasteiger charge is -2.43. The molecule has 2 atom stereocenters. The Morgan fingerprint density at radius 3 is 2.77 bits per heavy atom. The molecule has 11 heteroatoms. The fourth-order valence-electron chi connectivity index (χ4n) is 6.31. The van der Waals surface area contributed by atoms with Crippen molar-refractivity contribution in [3.8, 4) is 17.1 Å². The van der Waals surface area contributed by atoms with Crippen molar-refractivity contribution in [1.82, 2.24) is 25.5 Å². The summed E-state index contributed by atoms with van der Waals surface area (Å²) in [6.07, 6.45) is 4.17. The first-order valence-electron chi connectivity index (χ1n) is 15.2. The average Bonchev–Trinajstić information content (AvgIpc) is 3.70. The van der Waals surface area contributed by atoms with Gasteiger partial charge in [-0.1, -0.05) is 18.5 Å². The second kappa shape index (κ2) is 12.8. The van der Waals surface area contributed by atoms with Gasteiger partial charge in [-0.3, -0.25) is 9.69 Å². The molecular weight excluding hydrogens is 566 g/mol. The maximum absolute atomic E-state index is 13.8. The number of piperazine rings is 1. The normalized spacial score (nSPS) is 19.8. The maximum Gasteiger partial charge on any atom is 0.324 e. The van der Waals surface area contributed by atoms with Crippen molar-refractivity contribution in [2.24, 2.45) is 0 Å². The first-order valence-corrected chi connectivity index (χ1v) is 15.6. The van der Waals surface area contributed by atoms with E-state index in [4.69, 9.17) is 21.3 Å². The fourth-order valence-corrected chi connectivity index (χ4v) is 6.50. The molecule has 3 aliphatic heterocycles. The Labute approximate surface area is 257 Å². The smallest absolute Gasteiger partial charge is 0.324 e. The third kappa shape index (κ3) is 5.99. The lowest BCUT2D eigenvalue weighted by molar-refractivity contribution is 0.0935. The van der Waals surface area contributed by atoms with Crippen LogP contribution in [0.2, 0.25) is 5.02 Å². The zero-order valence-electron chi connectivity index (χ0n) is 24.7. The standard InChI is InChI=1S/C32H38ClN7O3/c1-3-24-20-38(32(42)40-15-12-21-18-22(33)7-9-27(21)40)16-17-39(24)28-10-8-26(25-6-5-13-35-31(25)43-4-2)37-29(28)30(41)36-23-11-14-34-19-23/h5-10,13,18,23-24,34H,3-4,11-12,14-17,19-20H2,1-2H3,(H,36,41)/t23-,24-/m1/s1. The molecule has 43 heavy (non-hydrogen) atoms. The zero-order valence-corrected chi connectivity index (χ0v) is 25.4. The molecule has 0 unspecified atom stereocenters. The van der Waals surface area contributed by atoms with E-state index in [1.807, 2.05) is 59.2 Å². The van der Waals surface area contributed by atoms with Crippen molar-refractivity contribution in [3.05, 3.63) is 64.9 Å². The molecule has 0 bridgehead atoms. The number of nitrogens with one attached hydrogen (secondary N) is 2. The molecule has 2 N–H and O–H groups in total. The van der Waals surface area contributed by atoms with Crippen molar-refractivity contribution in [3.63, 3.8) is 0 Å². The highest BCUT2D eigenvalue weighted by atomic mass is 35.5. The number of urea groups is 1. The van der Waals surface area contributed by atoms with Gasteiger partial charge in [0.1, 0.15) is 0 Å². The van der Waals surface area contributed by atoms with Gasteiger partial charge in [-0.05, 0) is 80.8 Å². The number of ether oxygens (including phenoxy) is 1. The molecule has 0 radical (unpaired) electrons. The van der Waals surface area contributed by atoms with Crippen molar-refractivity contribution < 1.29 is 14.3 Å². The molecule has 3 aromatic rings. The van der Waals surface area contributed by atoms with Gasteiger partial charge in [0.15, 0.2) is 5.69 Å². The van der Waals surface area contributed by atoms with E-state index in [2.05, 4.69) is 27.4 Å². The minimum absolute atomic E-state index is 0.0133. The van der Waals surface area contributed by atoms with Crippen molar-refractivity contribution in [2.75, 3.05) is 55.7 Å². The van der Waals surface area contributed by atoms with E-state index < -0.39 is 0 Å². The highest BCUT2D eigenvalue weighted by molar-refractivity contribution is 6.30. The Morgan fingerprint density at radius 2 is 1.98 bits per heavy atom. The van der Waals surface area contributed by atoms with Gasteiger partial charge < -0.3 is 25.2 Å². The molecule has 10 nitrogen and oxygen atoms in total. The molecule has 2 saturated heterocycles. The average molecular weight is 604 g/mol. The zero-order chi connectivity index (χ0) is 29.9. The molecule has 6 rings (SSSR count). The van der Waals surface area contributed by atoms with Crippen molar-refractivity contribution >= 4 is 34.9 Å². The van der Waals surface area contributed by atoms with Crippen LogP contribution in [0, 0.1) is 0 Å². The number of amides is 3. The van der Waals surface area contributed by atoms with Gasteiger partial charge in [0.05, 0.1) is 23.6 Å².